The van der Waals surface area contributed by atoms with E-state index in [0.717, 1.165) is 0 Å². The van der Waals surface area contributed by atoms with Crippen LogP contribution in [-0.2, 0) is 6.18 Å². The molecule has 0 aliphatic rings. The smallest absolute Gasteiger partial charge is 0.396 e. The van der Waals surface area contributed by atoms with E-state index < -0.39 is 12.0 Å². The van der Waals surface area contributed by atoms with Gasteiger partial charge in [-0.1, -0.05) is 6.92 Å². The predicted octanol–water partition coefficient (Wildman–Crippen LogP) is 1.94. The minimum absolute atomic E-state index is 0.0418. The zero-order valence-corrected chi connectivity index (χ0v) is 10.7. The lowest BCUT2D eigenvalue weighted by molar-refractivity contribution is -0.144. The quantitative estimate of drug-likeness (QED) is 0.783. The number of aromatic nitrogens is 4. The van der Waals surface area contributed by atoms with Crippen LogP contribution >= 0.6 is 0 Å². The number of aromatic amines is 1. The van der Waals surface area contributed by atoms with Crippen molar-refractivity contribution in [3.8, 4) is 0 Å². The normalized spacial score (nSPS) is 13.7. The van der Waals surface area contributed by atoms with Gasteiger partial charge >= 0.3 is 6.18 Å². The Hall–Kier alpha value is -1.90. The van der Waals surface area contributed by atoms with Crippen molar-refractivity contribution >= 4 is 17.0 Å². The first-order valence-electron chi connectivity index (χ1n) is 6.11. The lowest BCUT2D eigenvalue weighted by atomic mass is 10.1. The molecular weight excluding hydrogens is 275 g/mol. The Morgan fingerprint density at radius 3 is 2.75 bits per heavy atom. The zero-order valence-electron chi connectivity index (χ0n) is 10.7. The number of nitrogens with zero attached hydrogens (tertiary/aromatic N) is 3. The molecule has 0 spiro atoms. The van der Waals surface area contributed by atoms with Crippen molar-refractivity contribution in [1.82, 2.24) is 19.9 Å². The molecule has 20 heavy (non-hydrogen) atoms. The highest BCUT2D eigenvalue weighted by atomic mass is 19.4. The Kier molecular flexibility index (Phi) is 4.07. The van der Waals surface area contributed by atoms with E-state index in [0.29, 0.717) is 18.4 Å². The lowest BCUT2D eigenvalue weighted by Crippen LogP contribution is -2.22. The summed E-state index contributed by atoms with van der Waals surface area (Å²) in [4.78, 5) is 13.3. The number of aliphatic hydroxyl groups is 1. The van der Waals surface area contributed by atoms with Crippen LogP contribution in [0, 0.1) is 0 Å². The number of alkyl halides is 3. The maximum atomic E-state index is 12.7. The molecule has 3 N–H and O–H groups in total. The van der Waals surface area contributed by atoms with Crippen molar-refractivity contribution in [2.24, 2.45) is 0 Å². The highest BCUT2D eigenvalue weighted by Gasteiger charge is 2.36. The van der Waals surface area contributed by atoms with Crippen LogP contribution in [-0.4, -0.2) is 37.7 Å². The number of H-pyrrole nitrogens is 1. The highest BCUT2D eigenvalue weighted by molar-refractivity contribution is 5.82. The van der Waals surface area contributed by atoms with Crippen molar-refractivity contribution in [2.75, 3.05) is 11.9 Å². The molecule has 1 atom stereocenters. The molecule has 0 aromatic carbocycles. The third-order valence-corrected chi connectivity index (χ3v) is 2.85. The van der Waals surface area contributed by atoms with Gasteiger partial charge in [-0.2, -0.15) is 13.2 Å². The number of hydrogen-bond acceptors (Lipinski definition) is 5. The van der Waals surface area contributed by atoms with Crippen molar-refractivity contribution in [3.63, 3.8) is 0 Å². The molecule has 0 radical (unpaired) electrons. The third-order valence-electron chi connectivity index (χ3n) is 2.85. The van der Waals surface area contributed by atoms with E-state index in [-0.39, 0.29) is 24.1 Å². The standard InChI is InChI=1S/C11H14F3N5O/c1-2-6(3-4-20)17-9-7-8(16-5-15-7)18-10(19-9)11(12,13)14/h5-6,20H,2-4H2,1H3,(H2,15,16,17,18,19)/t6-/m1/s1. The van der Waals surface area contributed by atoms with Gasteiger partial charge in [0.25, 0.3) is 0 Å². The number of aliphatic hydroxyl groups excluding tert-OH is 1. The first-order chi connectivity index (χ1) is 9.45. The van der Waals surface area contributed by atoms with Gasteiger partial charge < -0.3 is 15.4 Å². The fraction of sp³-hybridized carbons (Fsp3) is 0.545. The number of rotatable bonds is 5. The Balaban J connectivity index is 2.42. The molecule has 0 bridgehead atoms. The van der Waals surface area contributed by atoms with Gasteiger partial charge in [0, 0.05) is 12.6 Å². The second-order valence-corrected chi connectivity index (χ2v) is 4.26. The molecule has 2 aromatic rings. The van der Waals surface area contributed by atoms with Crippen LogP contribution in [0.2, 0.25) is 0 Å². The highest BCUT2D eigenvalue weighted by Crippen LogP contribution is 2.29. The van der Waals surface area contributed by atoms with Crippen LogP contribution < -0.4 is 5.32 Å². The summed E-state index contributed by atoms with van der Waals surface area (Å²) in [6, 6.07) is -0.178. The van der Waals surface area contributed by atoms with Gasteiger partial charge in [-0.3, -0.25) is 0 Å². The molecule has 0 saturated carbocycles. The van der Waals surface area contributed by atoms with E-state index in [1.165, 1.54) is 6.33 Å². The van der Waals surface area contributed by atoms with E-state index in [1.807, 2.05) is 6.92 Å². The van der Waals surface area contributed by atoms with Crippen LogP contribution in [0.15, 0.2) is 6.33 Å². The number of fused-ring (bicyclic) bond motifs is 1. The second kappa shape index (κ2) is 5.61. The van der Waals surface area contributed by atoms with Crippen LogP contribution in [0.4, 0.5) is 19.0 Å². The largest absolute Gasteiger partial charge is 0.451 e. The minimum atomic E-state index is -4.64. The fourth-order valence-electron chi connectivity index (χ4n) is 1.79. The molecular formula is C11H14F3N5O. The zero-order chi connectivity index (χ0) is 14.8. The number of nitrogens with one attached hydrogen (secondary N) is 2. The SMILES string of the molecule is CC[C@H](CCO)Nc1nc(C(F)(F)F)nc2nc[nH]c12. The van der Waals surface area contributed by atoms with Crippen molar-refractivity contribution in [1.29, 1.82) is 0 Å². The van der Waals surface area contributed by atoms with E-state index in [2.05, 4.69) is 25.3 Å². The van der Waals surface area contributed by atoms with Gasteiger partial charge in [0.05, 0.1) is 6.33 Å². The summed E-state index contributed by atoms with van der Waals surface area (Å²) in [5, 5.41) is 11.8. The summed E-state index contributed by atoms with van der Waals surface area (Å²) < 4.78 is 38.2. The van der Waals surface area contributed by atoms with E-state index >= 15 is 0 Å². The summed E-state index contributed by atoms with van der Waals surface area (Å²) >= 11 is 0. The molecule has 2 rings (SSSR count). The maximum absolute atomic E-state index is 12.7. The van der Waals surface area contributed by atoms with Crippen LogP contribution in [0.1, 0.15) is 25.6 Å². The van der Waals surface area contributed by atoms with Crippen molar-refractivity contribution in [3.05, 3.63) is 12.2 Å². The molecule has 0 aliphatic heterocycles. The molecule has 0 amide bonds. The van der Waals surface area contributed by atoms with Gasteiger partial charge in [-0.15, -0.1) is 0 Å². The topological polar surface area (TPSA) is 86.7 Å². The lowest BCUT2D eigenvalue weighted by Gasteiger charge is -2.17. The van der Waals surface area contributed by atoms with Crippen LogP contribution in [0.25, 0.3) is 11.2 Å². The molecule has 6 nitrogen and oxygen atoms in total. The average Bonchev–Trinajstić information content (AvgIpc) is 2.85. The molecule has 2 heterocycles. The second-order valence-electron chi connectivity index (χ2n) is 4.26. The summed E-state index contributed by atoms with van der Waals surface area (Å²) in [7, 11) is 0. The molecule has 2 aromatic heterocycles. The number of halogens is 3. The summed E-state index contributed by atoms with van der Waals surface area (Å²) in [6.07, 6.45) is -2.32. The Morgan fingerprint density at radius 2 is 2.15 bits per heavy atom. The van der Waals surface area contributed by atoms with Gasteiger partial charge in [0.2, 0.25) is 5.82 Å². The van der Waals surface area contributed by atoms with Gasteiger partial charge in [-0.05, 0) is 12.8 Å². The number of imidazole rings is 1. The summed E-state index contributed by atoms with van der Waals surface area (Å²) in [5.41, 5.74) is 0.267. The van der Waals surface area contributed by atoms with Crippen LogP contribution in [0.5, 0.6) is 0 Å². The minimum Gasteiger partial charge on any atom is -0.396 e. The van der Waals surface area contributed by atoms with Gasteiger partial charge in [0.15, 0.2) is 11.5 Å². The fourth-order valence-corrected chi connectivity index (χ4v) is 1.79. The monoisotopic (exact) mass is 289 g/mol. The Morgan fingerprint density at radius 1 is 1.40 bits per heavy atom. The third kappa shape index (κ3) is 2.98. The first-order valence-corrected chi connectivity index (χ1v) is 6.11. The Bertz CT molecular complexity index is 583. The molecule has 0 fully saturated rings. The van der Waals surface area contributed by atoms with E-state index in [9.17, 15) is 13.2 Å². The summed E-state index contributed by atoms with van der Waals surface area (Å²) in [6.45, 7) is 1.80. The van der Waals surface area contributed by atoms with Gasteiger partial charge in [0.1, 0.15) is 5.52 Å². The van der Waals surface area contributed by atoms with Gasteiger partial charge in [-0.25, -0.2) is 15.0 Å². The maximum Gasteiger partial charge on any atom is 0.451 e. The van der Waals surface area contributed by atoms with Crippen LogP contribution in [0.3, 0.4) is 0 Å². The molecule has 9 heteroatoms. The van der Waals surface area contributed by atoms with Crippen molar-refractivity contribution in [2.45, 2.75) is 32.0 Å². The first kappa shape index (κ1) is 14.5. The summed E-state index contributed by atoms with van der Waals surface area (Å²) in [5.74, 6) is -1.20. The van der Waals surface area contributed by atoms with Crippen molar-refractivity contribution < 1.29 is 18.3 Å². The molecule has 110 valence electrons. The average molecular weight is 289 g/mol. The van der Waals surface area contributed by atoms with E-state index in [1.54, 1.807) is 0 Å². The molecule has 0 aliphatic carbocycles. The molecule has 0 saturated heterocycles. The molecule has 0 unspecified atom stereocenters. The number of anilines is 1. The number of hydrogen-bond donors (Lipinski definition) is 3. The van der Waals surface area contributed by atoms with E-state index in [4.69, 9.17) is 5.11 Å². The Labute approximate surface area is 112 Å². The predicted molar refractivity (Wildman–Crippen MR) is 66.1 cm³/mol.